The lowest BCUT2D eigenvalue weighted by Crippen LogP contribution is -2.53. The summed E-state index contributed by atoms with van der Waals surface area (Å²) in [6.07, 6.45) is 4.27. The quantitative estimate of drug-likeness (QED) is 0.641. The molecule has 5 nitrogen and oxygen atoms in total. The third-order valence-electron chi connectivity index (χ3n) is 5.57. The number of benzene rings is 1. The molecule has 2 aliphatic heterocycles. The lowest BCUT2D eigenvalue weighted by molar-refractivity contribution is -0.150. The summed E-state index contributed by atoms with van der Waals surface area (Å²) in [6.45, 7) is 3.48. The van der Waals surface area contributed by atoms with Crippen molar-refractivity contribution in [1.29, 1.82) is 0 Å². The Morgan fingerprint density at radius 2 is 1.86 bits per heavy atom. The van der Waals surface area contributed by atoms with Gasteiger partial charge in [0.25, 0.3) is 0 Å². The zero-order valence-corrected chi connectivity index (χ0v) is 18.4. The molecule has 2 heterocycles. The molecule has 1 amide bonds. The monoisotopic (exact) mass is 448 g/mol. The Hall–Kier alpha value is -1.01. The van der Waals surface area contributed by atoms with Crippen molar-refractivity contribution in [2.24, 2.45) is 5.92 Å². The van der Waals surface area contributed by atoms with E-state index in [0.29, 0.717) is 16.6 Å². The molecule has 28 heavy (non-hydrogen) atoms. The molecule has 1 aromatic rings. The first-order valence-corrected chi connectivity index (χ1v) is 10.3. The summed E-state index contributed by atoms with van der Waals surface area (Å²) in [5.74, 6) is -0.462. The van der Waals surface area contributed by atoms with Crippen molar-refractivity contribution < 1.29 is 14.3 Å². The van der Waals surface area contributed by atoms with E-state index in [1.54, 1.807) is 12.1 Å². The number of carbonyl (C=O) groups is 2. The summed E-state index contributed by atoms with van der Waals surface area (Å²) >= 11 is 12.1. The van der Waals surface area contributed by atoms with Gasteiger partial charge in [-0.1, -0.05) is 29.3 Å². The SMILES string of the molecule is COC(=O)C1CCC(CN2CCCC2)N(C(=O)Cc2ccc(Cl)c(Cl)c2)C1.Cl. The Morgan fingerprint density at radius 3 is 2.50 bits per heavy atom. The lowest BCUT2D eigenvalue weighted by atomic mass is 9.91. The summed E-state index contributed by atoms with van der Waals surface area (Å²) in [7, 11) is 1.40. The van der Waals surface area contributed by atoms with Crippen LogP contribution < -0.4 is 0 Å². The summed E-state index contributed by atoms with van der Waals surface area (Å²) in [6, 6.07) is 5.41. The van der Waals surface area contributed by atoms with Gasteiger partial charge >= 0.3 is 5.97 Å². The van der Waals surface area contributed by atoms with Gasteiger partial charge in [-0.15, -0.1) is 12.4 Å². The summed E-state index contributed by atoms with van der Waals surface area (Å²) in [5.41, 5.74) is 0.828. The maximum Gasteiger partial charge on any atom is 0.310 e. The van der Waals surface area contributed by atoms with E-state index >= 15 is 0 Å². The number of halogens is 3. The molecule has 156 valence electrons. The third-order valence-corrected chi connectivity index (χ3v) is 6.31. The fourth-order valence-corrected chi connectivity index (χ4v) is 4.39. The predicted molar refractivity (Wildman–Crippen MR) is 113 cm³/mol. The van der Waals surface area contributed by atoms with E-state index < -0.39 is 0 Å². The van der Waals surface area contributed by atoms with Crippen LogP contribution >= 0.6 is 35.6 Å². The van der Waals surface area contributed by atoms with E-state index in [0.717, 1.165) is 38.0 Å². The molecular weight excluding hydrogens is 423 g/mol. The molecule has 0 radical (unpaired) electrons. The van der Waals surface area contributed by atoms with Crippen molar-refractivity contribution in [2.45, 2.75) is 38.1 Å². The normalized spacial score (nSPS) is 22.6. The molecule has 2 unspecified atom stereocenters. The first-order chi connectivity index (χ1) is 13.0. The number of piperidine rings is 1. The largest absolute Gasteiger partial charge is 0.469 e. The smallest absolute Gasteiger partial charge is 0.310 e. The molecule has 0 saturated carbocycles. The highest BCUT2D eigenvalue weighted by atomic mass is 35.5. The Kier molecular flexibility index (Phi) is 8.87. The number of likely N-dealkylation sites (tertiary alicyclic amines) is 2. The van der Waals surface area contributed by atoms with Crippen LogP contribution in [0.5, 0.6) is 0 Å². The lowest BCUT2D eigenvalue weighted by Gasteiger charge is -2.40. The van der Waals surface area contributed by atoms with Crippen LogP contribution in [0.15, 0.2) is 18.2 Å². The minimum atomic E-state index is -0.248. The molecule has 0 aliphatic carbocycles. The van der Waals surface area contributed by atoms with Crippen LogP contribution in [0.2, 0.25) is 10.0 Å². The molecule has 2 fully saturated rings. The summed E-state index contributed by atoms with van der Waals surface area (Å²) in [5, 5.41) is 0.921. The first kappa shape index (κ1) is 23.3. The number of esters is 1. The highest BCUT2D eigenvalue weighted by Crippen LogP contribution is 2.27. The Bertz CT molecular complexity index is 695. The highest BCUT2D eigenvalue weighted by molar-refractivity contribution is 6.42. The highest BCUT2D eigenvalue weighted by Gasteiger charge is 2.36. The number of ether oxygens (including phenoxy) is 1. The Labute approximate surface area is 182 Å². The van der Waals surface area contributed by atoms with E-state index in [1.165, 1.54) is 20.0 Å². The third kappa shape index (κ3) is 5.76. The topological polar surface area (TPSA) is 49.9 Å². The van der Waals surface area contributed by atoms with Gasteiger partial charge in [-0.25, -0.2) is 0 Å². The van der Waals surface area contributed by atoms with Gasteiger partial charge in [0.1, 0.15) is 0 Å². The summed E-state index contributed by atoms with van der Waals surface area (Å²) < 4.78 is 4.91. The predicted octanol–water partition coefficient (Wildman–Crippen LogP) is 3.83. The van der Waals surface area contributed by atoms with Crippen LogP contribution in [0.4, 0.5) is 0 Å². The molecule has 0 bridgehead atoms. The first-order valence-electron chi connectivity index (χ1n) is 9.51. The fourth-order valence-electron chi connectivity index (χ4n) is 4.07. The average molecular weight is 450 g/mol. The molecule has 2 aliphatic rings. The van der Waals surface area contributed by atoms with Crippen molar-refractivity contribution in [2.75, 3.05) is 33.3 Å². The van der Waals surface area contributed by atoms with E-state index in [9.17, 15) is 9.59 Å². The standard InChI is InChI=1S/C20H26Cl2N2O3.ClH/c1-27-20(26)15-5-6-16(13-23-8-2-3-9-23)24(12-15)19(25)11-14-4-7-17(21)18(22)10-14;/h4,7,10,15-16H,2-3,5-6,8-9,11-13H2,1H3;1H. The molecule has 1 aromatic carbocycles. The number of nitrogens with zero attached hydrogens (tertiary/aromatic N) is 2. The van der Waals surface area contributed by atoms with Crippen LogP contribution in [0.25, 0.3) is 0 Å². The van der Waals surface area contributed by atoms with Gasteiger partial charge < -0.3 is 14.5 Å². The van der Waals surface area contributed by atoms with Crippen LogP contribution in [0.3, 0.4) is 0 Å². The van der Waals surface area contributed by atoms with Gasteiger partial charge in [-0.2, -0.15) is 0 Å². The maximum absolute atomic E-state index is 13.1. The van der Waals surface area contributed by atoms with Gasteiger partial charge in [0.05, 0.1) is 29.5 Å². The van der Waals surface area contributed by atoms with E-state index in [1.807, 2.05) is 11.0 Å². The van der Waals surface area contributed by atoms with Gasteiger partial charge in [-0.05, 0) is 56.5 Å². The van der Waals surface area contributed by atoms with E-state index in [4.69, 9.17) is 27.9 Å². The van der Waals surface area contributed by atoms with Crippen molar-refractivity contribution in [3.05, 3.63) is 33.8 Å². The number of methoxy groups -OCH3 is 1. The second-order valence-corrected chi connectivity index (χ2v) is 8.24. The van der Waals surface area contributed by atoms with Crippen molar-refractivity contribution in [1.82, 2.24) is 9.80 Å². The molecule has 0 N–H and O–H groups in total. The number of hydrogen-bond acceptors (Lipinski definition) is 4. The fraction of sp³-hybridized carbons (Fsp3) is 0.600. The van der Waals surface area contributed by atoms with E-state index in [2.05, 4.69) is 4.90 Å². The minimum Gasteiger partial charge on any atom is -0.469 e. The average Bonchev–Trinajstić information content (AvgIpc) is 3.17. The van der Waals surface area contributed by atoms with Crippen LogP contribution in [-0.2, 0) is 20.7 Å². The van der Waals surface area contributed by atoms with Crippen LogP contribution in [0, 0.1) is 5.92 Å². The van der Waals surface area contributed by atoms with Gasteiger partial charge in [0.15, 0.2) is 0 Å². The van der Waals surface area contributed by atoms with Crippen LogP contribution in [-0.4, -0.2) is 61.0 Å². The van der Waals surface area contributed by atoms with Crippen molar-refractivity contribution in [3.63, 3.8) is 0 Å². The molecule has 0 spiro atoms. The Balaban J connectivity index is 0.00000280. The minimum absolute atomic E-state index is 0. The maximum atomic E-state index is 13.1. The molecule has 2 saturated heterocycles. The number of carbonyl (C=O) groups excluding carboxylic acids is 2. The zero-order valence-electron chi connectivity index (χ0n) is 16.0. The van der Waals surface area contributed by atoms with Gasteiger partial charge in [0, 0.05) is 19.1 Å². The van der Waals surface area contributed by atoms with Gasteiger partial charge in [0.2, 0.25) is 5.91 Å². The van der Waals surface area contributed by atoms with E-state index in [-0.39, 0.29) is 42.7 Å². The zero-order chi connectivity index (χ0) is 19.4. The second-order valence-electron chi connectivity index (χ2n) is 7.43. The van der Waals surface area contributed by atoms with Crippen molar-refractivity contribution >= 4 is 47.5 Å². The molecule has 2 atom stereocenters. The number of rotatable bonds is 5. The molecule has 0 aromatic heterocycles. The molecule has 8 heteroatoms. The molecular formula is C20H27Cl3N2O3. The number of amides is 1. The van der Waals surface area contributed by atoms with Gasteiger partial charge in [-0.3, -0.25) is 9.59 Å². The Morgan fingerprint density at radius 1 is 1.14 bits per heavy atom. The second kappa shape index (κ2) is 10.7. The van der Waals surface area contributed by atoms with Crippen LogP contribution in [0.1, 0.15) is 31.2 Å². The summed E-state index contributed by atoms with van der Waals surface area (Å²) in [4.78, 5) is 29.4. The number of hydrogen-bond donors (Lipinski definition) is 0. The van der Waals surface area contributed by atoms with Crippen molar-refractivity contribution in [3.8, 4) is 0 Å². The molecule has 3 rings (SSSR count).